The molecule has 0 fully saturated rings. The number of rotatable bonds is 2. The van der Waals surface area contributed by atoms with E-state index in [1.165, 1.54) is 5.56 Å². The average Bonchev–Trinajstić information content (AvgIpc) is 2.53. The summed E-state index contributed by atoms with van der Waals surface area (Å²) in [5, 5.41) is 9.60. The van der Waals surface area contributed by atoms with Gasteiger partial charge in [0.1, 0.15) is 11.8 Å². The Balaban J connectivity index is 0.00000192. The van der Waals surface area contributed by atoms with Crippen molar-refractivity contribution in [1.29, 1.82) is 0 Å². The molecule has 3 rings (SSSR count). The van der Waals surface area contributed by atoms with Gasteiger partial charge in [0.25, 0.3) is 0 Å². The molecule has 0 bridgehead atoms. The molecule has 4 nitrogen and oxygen atoms in total. The van der Waals surface area contributed by atoms with Crippen molar-refractivity contribution in [1.82, 2.24) is 4.90 Å². The average molecular weight is 333 g/mol. The van der Waals surface area contributed by atoms with Crippen LogP contribution in [0.5, 0.6) is 5.75 Å². The van der Waals surface area contributed by atoms with Crippen LogP contribution in [0.4, 0.5) is 0 Å². The van der Waals surface area contributed by atoms with Gasteiger partial charge < -0.3 is 15.7 Å². The lowest BCUT2D eigenvalue weighted by atomic mass is 9.98. The number of hydrogen-bond acceptors (Lipinski definition) is 3. The number of phenols is 1. The third-order valence-electron chi connectivity index (χ3n) is 4.22. The second kappa shape index (κ2) is 7.02. The number of carbonyl (C=O) groups is 1. The van der Waals surface area contributed by atoms with E-state index in [0.29, 0.717) is 13.1 Å². The lowest BCUT2D eigenvalue weighted by Crippen LogP contribution is -2.41. The predicted molar refractivity (Wildman–Crippen MR) is 92.6 cm³/mol. The molecule has 0 aromatic heterocycles. The largest absolute Gasteiger partial charge is 0.508 e. The molecule has 1 heterocycles. The molecule has 0 aliphatic carbocycles. The van der Waals surface area contributed by atoms with Gasteiger partial charge in [-0.15, -0.1) is 12.4 Å². The number of halogens is 1. The van der Waals surface area contributed by atoms with Crippen LogP contribution in [-0.4, -0.2) is 22.5 Å². The number of nitrogens with zero attached hydrogens (tertiary/aromatic N) is 1. The van der Waals surface area contributed by atoms with Crippen molar-refractivity contribution in [3.63, 3.8) is 0 Å². The third-order valence-corrected chi connectivity index (χ3v) is 4.22. The van der Waals surface area contributed by atoms with Crippen molar-refractivity contribution in [2.45, 2.75) is 25.9 Å². The highest BCUT2D eigenvalue weighted by molar-refractivity contribution is 5.85. The maximum absolute atomic E-state index is 12.6. The van der Waals surface area contributed by atoms with Gasteiger partial charge in [0.15, 0.2) is 0 Å². The Bertz CT molecular complexity index is 701. The molecule has 0 saturated carbocycles. The number of benzene rings is 2. The molecule has 0 saturated heterocycles. The highest BCUT2D eigenvalue weighted by atomic mass is 35.5. The topological polar surface area (TPSA) is 66.6 Å². The Hall–Kier alpha value is -2.04. The van der Waals surface area contributed by atoms with Gasteiger partial charge in [-0.25, -0.2) is 0 Å². The fourth-order valence-electron chi connectivity index (χ4n) is 2.84. The Morgan fingerprint density at radius 1 is 1.17 bits per heavy atom. The lowest BCUT2D eigenvalue weighted by molar-refractivity contribution is -0.133. The molecule has 23 heavy (non-hydrogen) atoms. The number of fused-ring (bicyclic) bond motifs is 1. The normalized spacial score (nSPS) is 14.6. The summed E-state index contributed by atoms with van der Waals surface area (Å²) in [6, 6.07) is 12.4. The van der Waals surface area contributed by atoms with Gasteiger partial charge in [-0.2, -0.15) is 0 Å². The van der Waals surface area contributed by atoms with Crippen molar-refractivity contribution in [3.05, 3.63) is 64.7 Å². The van der Waals surface area contributed by atoms with Gasteiger partial charge in [0.05, 0.1) is 0 Å². The number of carbonyl (C=O) groups excluding carboxylic acids is 1. The predicted octanol–water partition coefficient (Wildman–Crippen LogP) is 2.71. The second-order valence-electron chi connectivity index (χ2n) is 5.85. The van der Waals surface area contributed by atoms with E-state index in [9.17, 15) is 9.90 Å². The van der Waals surface area contributed by atoms with E-state index in [1.54, 1.807) is 17.0 Å². The number of aryl methyl sites for hydroxylation is 1. The monoisotopic (exact) mass is 332 g/mol. The van der Waals surface area contributed by atoms with Crippen LogP contribution in [0.15, 0.2) is 42.5 Å². The lowest BCUT2D eigenvalue weighted by Gasteiger charge is -2.31. The first kappa shape index (κ1) is 17.3. The van der Waals surface area contributed by atoms with E-state index < -0.39 is 6.04 Å². The molecule has 2 aromatic rings. The van der Waals surface area contributed by atoms with E-state index >= 15 is 0 Å². The molecule has 1 atom stereocenters. The molecule has 3 N–H and O–H groups in total. The van der Waals surface area contributed by atoms with Gasteiger partial charge in [0.2, 0.25) is 5.91 Å². The quantitative estimate of drug-likeness (QED) is 0.888. The van der Waals surface area contributed by atoms with Crippen LogP contribution in [0, 0.1) is 6.92 Å². The molecular weight excluding hydrogens is 312 g/mol. The minimum absolute atomic E-state index is 0. The zero-order valence-electron chi connectivity index (χ0n) is 13.0. The number of nitrogens with two attached hydrogens (primary N) is 1. The highest BCUT2D eigenvalue weighted by Crippen LogP contribution is 2.25. The van der Waals surface area contributed by atoms with E-state index in [4.69, 9.17) is 5.73 Å². The number of amides is 1. The van der Waals surface area contributed by atoms with Crippen LogP contribution < -0.4 is 5.73 Å². The number of hydrogen-bond donors (Lipinski definition) is 2. The molecule has 1 aliphatic heterocycles. The molecule has 5 heteroatoms. The van der Waals surface area contributed by atoms with Crippen LogP contribution in [0.1, 0.15) is 28.3 Å². The first-order valence-electron chi connectivity index (χ1n) is 7.46. The summed E-state index contributed by atoms with van der Waals surface area (Å²) in [5.41, 5.74) is 10.3. The number of aromatic hydroxyl groups is 1. The van der Waals surface area contributed by atoms with Gasteiger partial charge in [0, 0.05) is 13.1 Å². The second-order valence-corrected chi connectivity index (χ2v) is 5.85. The third kappa shape index (κ3) is 3.66. The first-order chi connectivity index (χ1) is 10.5. The molecule has 0 radical (unpaired) electrons. The van der Waals surface area contributed by atoms with Crippen molar-refractivity contribution in [2.24, 2.45) is 5.73 Å². The van der Waals surface area contributed by atoms with E-state index in [-0.39, 0.29) is 24.1 Å². The van der Waals surface area contributed by atoms with Crippen LogP contribution >= 0.6 is 12.4 Å². The maximum atomic E-state index is 12.6. The van der Waals surface area contributed by atoms with E-state index in [2.05, 4.69) is 0 Å². The minimum Gasteiger partial charge on any atom is -0.508 e. The number of phenolic OH excluding ortho intramolecular Hbond substituents is 1. The standard InChI is InChI=1S/C18H20N2O2.ClH/c1-12-2-4-14(5-3-12)17(19)18(22)20-9-8-13-6-7-16(21)10-15(13)11-20;/h2-7,10,17,21H,8-9,11,19H2,1H3;1H. The summed E-state index contributed by atoms with van der Waals surface area (Å²) in [4.78, 5) is 14.4. The summed E-state index contributed by atoms with van der Waals surface area (Å²) < 4.78 is 0. The minimum atomic E-state index is -0.639. The van der Waals surface area contributed by atoms with Gasteiger partial charge >= 0.3 is 0 Å². The Morgan fingerprint density at radius 3 is 2.57 bits per heavy atom. The molecule has 0 spiro atoms. The molecule has 1 amide bonds. The summed E-state index contributed by atoms with van der Waals surface area (Å²) in [6.45, 7) is 3.17. The zero-order valence-corrected chi connectivity index (χ0v) is 13.8. The Labute approximate surface area is 142 Å². The van der Waals surface area contributed by atoms with Crippen LogP contribution in [0.3, 0.4) is 0 Å². The molecule has 122 valence electrons. The van der Waals surface area contributed by atoms with Crippen molar-refractivity contribution in [3.8, 4) is 5.75 Å². The Morgan fingerprint density at radius 2 is 1.87 bits per heavy atom. The molecular formula is C18H21ClN2O2. The first-order valence-corrected chi connectivity index (χ1v) is 7.46. The summed E-state index contributed by atoms with van der Waals surface area (Å²) in [7, 11) is 0. The van der Waals surface area contributed by atoms with Crippen LogP contribution in [-0.2, 0) is 17.8 Å². The van der Waals surface area contributed by atoms with Gasteiger partial charge in [-0.3, -0.25) is 4.79 Å². The van der Waals surface area contributed by atoms with Crippen molar-refractivity contribution in [2.75, 3.05) is 6.54 Å². The zero-order chi connectivity index (χ0) is 15.7. The molecule has 1 aliphatic rings. The van der Waals surface area contributed by atoms with Crippen molar-refractivity contribution < 1.29 is 9.90 Å². The smallest absolute Gasteiger partial charge is 0.244 e. The van der Waals surface area contributed by atoms with E-state index in [1.807, 2.05) is 37.3 Å². The van der Waals surface area contributed by atoms with Crippen LogP contribution in [0.25, 0.3) is 0 Å². The van der Waals surface area contributed by atoms with Crippen molar-refractivity contribution >= 4 is 18.3 Å². The molecule has 2 aromatic carbocycles. The van der Waals surface area contributed by atoms with E-state index in [0.717, 1.165) is 23.1 Å². The maximum Gasteiger partial charge on any atom is 0.244 e. The Kier molecular flexibility index (Phi) is 5.29. The van der Waals surface area contributed by atoms with Gasteiger partial charge in [-0.1, -0.05) is 35.9 Å². The highest BCUT2D eigenvalue weighted by Gasteiger charge is 2.26. The fraction of sp³-hybridized carbons (Fsp3) is 0.278. The summed E-state index contributed by atoms with van der Waals surface area (Å²) in [6.07, 6.45) is 0.794. The summed E-state index contributed by atoms with van der Waals surface area (Å²) >= 11 is 0. The van der Waals surface area contributed by atoms with Crippen LogP contribution in [0.2, 0.25) is 0 Å². The summed E-state index contributed by atoms with van der Waals surface area (Å²) in [5.74, 6) is 0.161. The van der Waals surface area contributed by atoms with Gasteiger partial charge in [-0.05, 0) is 42.2 Å². The SMILES string of the molecule is Cc1ccc(C(N)C(=O)N2CCc3ccc(O)cc3C2)cc1.Cl. The molecule has 1 unspecified atom stereocenters. The fourth-order valence-corrected chi connectivity index (χ4v) is 2.84.